The zero-order valence-electron chi connectivity index (χ0n) is 12.1. The van der Waals surface area contributed by atoms with Gasteiger partial charge in [0.2, 0.25) is 0 Å². The van der Waals surface area contributed by atoms with Gasteiger partial charge in [-0.05, 0) is 37.0 Å². The Hall–Kier alpha value is -1.13. The van der Waals surface area contributed by atoms with Crippen LogP contribution in [0.15, 0.2) is 18.2 Å². The van der Waals surface area contributed by atoms with Gasteiger partial charge in [-0.15, -0.1) is 0 Å². The smallest absolute Gasteiger partial charge is 0.123 e. The van der Waals surface area contributed by atoms with Crippen molar-refractivity contribution in [3.05, 3.63) is 29.6 Å². The second-order valence-corrected chi connectivity index (χ2v) is 5.81. The Bertz CT molecular complexity index is 456. The van der Waals surface area contributed by atoms with Crippen molar-refractivity contribution < 1.29 is 9.13 Å². The number of nitrogens with one attached hydrogen (secondary N) is 1. The van der Waals surface area contributed by atoms with Crippen molar-refractivity contribution in [1.29, 1.82) is 0 Å². The maximum Gasteiger partial charge on any atom is 0.123 e. The van der Waals surface area contributed by atoms with Crippen LogP contribution in [0.3, 0.4) is 0 Å². The van der Waals surface area contributed by atoms with E-state index in [2.05, 4.69) is 10.2 Å². The maximum absolute atomic E-state index is 13.7. The Kier molecular flexibility index (Phi) is 4.22. The van der Waals surface area contributed by atoms with Gasteiger partial charge in [0.1, 0.15) is 11.6 Å². The van der Waals surface area contributed by atoms with Crippen LogP contribution in [0.25, 0.3) is 0 Å². The summed E-state index contributed by atoms with van der Waals surface area (Å²) in [6.07, 6.45) is 3.79. The van der Waals surface area contributed by atoms with E-state index in [9.17, 15) is 4.39 Å². The van der Waals surface area contributed by atoms with Crippen LogP contribution in [0.5, 0.6) is 5.75 Å². The molecule has 0 aromatic heterocycles. The number of hydrogen-bond donors (Lipinski definition) is 1. The quantitative estimate of drug-likeness (QED) is 0.916. The number of benzene rings is 1. The van der Waals surface area contributed by atoms with Gasteiger partial charge in [0.05, 0.1) is 7.11 Å². The molecule has 0 amide bonds. The second kappa shape index (κ2) is 6.10. The molecule has 110 valence electrons. The molecule has 1 aliphatic heterocycles. The van der Waals surface area contributed by atoms with Crippen molar-refractivity contribution in [3.8, 4) is 5.75 Å². The molecule has 3 rings (SSSR count). The Labute approximate surface area is 120 Å². The number of nitrogens with zero attached hydrogens (tertiary/aromatic N) is 1. The summed E-state index contributed by atoms with van der Waals surface area (Å²) in [4.78, 5) is 2.50. The summed E-state index contributed by atoms with van der Waals surface area (Å²) in [5, 5.41) is 3.39. The number of rotatable bonds is 4. The monoisotopic (exact) mass is 278 g/mol. The van der Waals surface area contributed by atoms with Gasteiger partial charge < -0.3 is 10.1 Å². The average molecular weight is 278 g/mol. The Morgan fingerprint density at radius 2 is 2.05 bits per heavy atom. The van der Waals surface area contributed by atoms with E-state index < -0.39 is 0 Å². The zero-order chi connectivity index (χ0) is 13.9. The van der Waals surface area contributed by atoms with Crippen LogP contribution >= 0.6 is 0 Å². The highest BCUT2D eigenvalue weighted by Crippen LogP contribution is 2.44. The molecule has 1 aromatic rings. The van der Waals surface area contributed by atoms with Crippen LogP contribution in [-0.2, 0) is 0 Å². The van der Waals surface area contributed by atoms with E-state index in [0.29, 0.717) is 12.0 Å². The number of piperazine rings is 1. The molecule has 1 saturated carbocycles. The van der Waals surface area contributed by atoms with Crippen molar-refractivity contribution >= 4 is 0 Å². The normalized spacial score (nSPS) is 22.3. The highest BCUT2D eigenvalue weighted by atomic mass is 19.1. The zero-order valence-corrected chi connectivity index (χ0v) is 12.1. The van der Waals surface area contributed by atoms with Gasteiger partial charge in [-0.2, -0.15) is 0 Å². The lowest BCUT2D eigenvalue weighted by atomic mass is 9.76. The van der Waals surface area contributed by atoms with Gasteiger partial charge >= 0.3 is 0 Å². The number of methoxy groups -OCH3 is 1. The molecule has 1 aromatic carbocycles. The van der Waals surface area contributed by atoms with Crippen LogP contribution < -0.4 is 10.1 Å². The molecule has 1 saturated heterocycles. The minimum Gasteiger partial charge on any atom is -0.496 e. The molecule has 0 bridgehead atoms. The van der Waals surface area contributed by atoms with Crippen LogP contribution in [0, 0.1) is 11.7 Å². The number of halogens is 1. The molecular formula is C16H23FN2O. The van der Waals surface area contributed by atoms with E-state index in [4.69, 9.17) is 4.74 Å². The summed E-state index contributed by atoms with van der Waals surface area (Å²) in [5.74, 6) is 1.30. The molecule has 3 nitrogen and oxygen atoms in total. The van der Waals surface area contributed by atoms with E-state index >= 15 is 0 Å². The largest absolute Gasteiger partial charge is 0.496 e. The van der Waals surface area contributed by atoms with Crippen molar-refractivity contribution in [2.24, 2.45) is 5.92 Å². The first-order valence-electron chi connectivity index (χ1n) is 7.58. The predicted molar refractivity (Wildman–Crippen MR) is 77.5 cm³/mol. The SMILES string of the molecule is COc1ccc(F)cc1C(C1CCC1)N1CCNCC1. The molecule has 0 radical (unpaired) electrons. The van der Waals surface area contributed by atoms with Gasteiger partial charge in [0.25, 0.3) is 0 Å². The fourth-order valence-corrected chi connectivity index (χ4v) is 3.40. The first kappa shape index (κ1) is 13.8. The fraction of sp³-hybridized carbons (Fsp3) is 0.625. The van der Waals surface area contributed by atoms with Gasteiger partial charge in [0, 0.05) is 37.8 Å². The number of ether oxygens (including phenoxy) is 1. The van der Waals surface area contributed by atoms with Gasteiger partial charge in [-0.25, -0.2) is 4.39 Å². The topological polar surface area (TPSA) is 24.5 Å². The molecular weight excluding hydrogens is 255 g/mol. The fourth-order valence-electron chi connectivity index (χ4n) is 3.40. The third kappa shape index (κ3) is 2.67. The minimum atomic E-state index is -0.166. The summed E-state index contributed by atoms with van der Waals surface area (Å²) < 4.78 is 19.2. The highest BCUT2D eigenvalue weighted by molar-refractivity contribution is 5.37. The molecule has 20 heavy (non-hydrogen) atoms. The van der Waals surface area contributed by atoms with Crippen molar-refractivity contribution in [2.45, 2.75) is 25.3 Å². The lowest BCUT2D eigenvalue weighted by molar-refractivity contribution is 0.0816. The van der Waals surface area contributed by atoms with E-state index in [1.807, 2.05) is 0 Å². The predicted octanol–water partition coefficient (Wildman–Crippen LogP) is 2.58. The molecule has 2 fully saturated rings. The molecule has 4 heteroatoms. The van der Waals surface area contributed by atoms with E-state index in [0.717, 1.165) is 37.5 Å². The van der Waals surface area contributed by atoms with Gasteiger partial charge in [-0.3, -0.25) is 4.90 Å². The van der Waals surface area contributed by atoms with Crippen molar-refractivity contribution in [1.82, 2.24) is 10.2 Å². The minimum absolute atomic E-state index is 0.166. The summed E-state index contributed by atoms with van der Waals surface area (Å²) in [6, 6.07) is 5.22. The molecule has 0 spiro atoms. The summed E-state index contributed by atoms with van der Waals surface area (Å²) in [5.41, 5.74) is 1.03. The molecule has 1 atom stereocenters. The second-order valence-electron chi connectivity index (χ2n) is 5.81. The van der Waals surface area contributed by atoms with E-state index in [1.54, 1.807) is 19.2 Å². The van der Waals surface area contributed by atoms with E-state index in [-0.39, 0.29) is 5.82 Å². The van der Waals surface area contributed by atoms with Crippen LogP contribution in [-0.4, -0.2) is 38.2 Å². The molecule has 1 heterocycles. The number of hydrogen-bond acceptors (Lipinski definition) is 3. The van der Waals surface area contributed by atoms with Crippen molar-refractivity contribution in [3.63, 3.8) is 0 Å². The summed E-state index contributed by atoms with van der Waals surface area (Å²) >= 11 is 0. The van der Waals surface area contributed by atoms with Crippen LogP contribution in [0.2, 0.25) is 0 Å². The Balaban J connectivity index is 1.93. The van der Waals surface area contributed by atoms with Gasteiger partial charge in [-0.1, -0.05) is 6.42 Å². The van der Waals surface area contributed by atoms with Crippen molar-refractivity contribution in [2.75, 3.05) is 33.3 Å². The maximum atomic E-state index is 13.7. The summed E-state index contributed by atoms with van der Waals surface area (Å²) in [6.45, 7) is 4.09. The van der Waals surface area contributed by atoms with Crippen LogP contribution in [0.4, 0.5) is 4.39 Å². The first-order chi connectivity index (χ1) is 9.79. The molecule has 1 N–H and O–H groups in total. The van der Waals surface area contributed by atoms with E-state index in [1.165, 1.54) is 25.3 Å². The standard InChI is InChI=1S/C16H23FN2O/c1-20-15-6-5-13(17)11-14(15)16(12-3-2-4-12)19-9-7-18-8-10-19/h5-6,11-12,16,18H,2-4,7-10H2,1H3. The third-order valence-corrected chi connectivity index (χ3v) is 4.65. The lowest BCUT2D eigenvalue weighted by Gasteiger charge is -2.43. The Morgan fingerprint density at radius 1 is 1.30 bits per heavy atom. The first-order valence-corrected chi connectivity index (χ1v) is 7.58. The lowest BCUT2D eigenvalue weighted by Crippen LogP contribution is -2.47. The molecule has 1 unspecified atom stereocenters. The Morgan fingerprint density at radius 3 is 2.65 bits per heavy atom. The molecule has 1 aliphatic carbocycles. The summed E-state index contributed by atoms with van der Waals surface area (Å²) in [7, 11) is 1.67. The average Bonchev–Trinajstić information content (AvgIpc) is 2.43. The highest BCUT2D eigenvalue weighted by Gasteiger charge is 2.35. The third-order valence-electron chi connectivity index (χ3n) is 4.65. The van der Waals surface area contributed by atoms with Crippen LogP contribution in [0.1, 0.15) is 30.9 Å². The molecule has 2 aliphatic rings. The van der Waals surface area contributed by atoms with Gasteiger partial charge in [0.15, 0.2) is 0 Å².